The van der Waals surface area contributed by atoms with Crippen LogP contribution in [0.5, 0.6) is 17.2 Å². The van der Waals surface area contributed by atoms with Crippen LogP contribution in [-0.4, -0.2) is 25.7 Å². The molecule has 0 heterocycles. The second-order valence-corrected chi connectivity index (χ2v) is 6.71. The van der Waals surface area contributed by atoms with Crippen LogP contribution in [0.3, 0.4) is 0 Å². The topological polar surface area (TPSA) is 80.6 Å². The Labute approximate surface area is 184 Å². The number of carbonyl (C=O) groups is 1. The quantitative estimate of drug-likeness (QED) is 0.520. The lowest BCUT2D eigenvalue weighted by atomic mass is 10.0. The molecular weight excluding hydrogens is 418 g/mol. The molecule has 0 fully saturated rings. The van der Waals surface area contributed by atoms with Gasteiger partial charge in [-0.1, -0.05) is 18.2 Å². The number of ether oxygens (including phenoxy) is 3. The summed E-state index contributed by atoms with van der Waals surface area (Å²) in [6.45, 7) is -1.43. The zero-order valence-corrected chi connectivity index (χ0v) is 17.3. The first kappa shape index (κ1) is 22.6. The maximum atomic E-state index is 12.9. The number of rotatable bonds is 8. The highest BCUT2D eigenvalue weighted by Gasteiger charge is 2.17. The average Bonchev–Trinajstić information content (AvgIpc) is 2.80. The highest BCUT2D eigenvalue weighted by Crippen LogP contribution is 2.34. The van der Waals surface area contributed by atoms with E-state index in [0.29, 0.717) is 33.9 Å². The van der Waals surface area contributed by atoms with Crippen LogP contribution in [-0.2, 0) is 4.79 Å². The molecule has 164 valence electrons. The van der Waals surface area contributed by atoms with Crippen LogP contribution >= 0.6 is 0 Å². The molecule has 3 aromatic carbocycles. The van der Waals surface area contributed by atoms with E-state index in [1.54, 1.807) is 55.5 Å². The molecule has 1 amide bonds. The van der Waals surface area contributed by atoms with Crippen molar-refractivity contribution in [2.75, 3.05) is 12.4 Å². The summed E-state index contributed by atoms with van der Waals surface area (Å²) in [5, 5.41) is 11.7. The van der Waals surface area contributed by atoms with Gasteiger partial charge in [0, 0.05) is 11.3 Å². The first-order valence-electron chi connectivity index (χ1n) is 9.60. The number of halogens is 2. The summed E-state index contributed by atoms with van der Waals surface area (Å²) in [6, 6.07) is 19.6. The van der Waals surface area contributed by atoms with E-state index >= 15 is 0 Å². The summed E-state index contributed by atoms with van der Waals surface area (Å²) in [5.41, 5.74) is 1.77. The van der Waals surface area contributed by atoms with Crippen LogP contribution in [0, 0.1) is 11.3 Å². The number of carbonyl (C=O) groups excluding carboxylic acids is 1. The van der Waals surface area contributed by atoms with Gasteiger partial charge in [0.05, 0.1) is 18.7 Å². The van der Waals surface area contributed by atoms with Crippen molar-refractivity contribution in [3.63, 3.8) is 0 Å². The Morgan fingerprint density at radius 2 is 1.75 bits per heavy atom. The summed E-state index contributed by atoms with van der Waals surface area (Å²) in [7, 11) is 1.52. The standard InChI is InChI=1S/C24H20F2N2O4/c1-15(31-20-5-3-4-16(12-20)14-27)23(29)28-18-8-11-22(32-24(25)26)21(13-18)17-6-9-19(30-2)10-7-17/h3-13,15,24H,1-2H3,(H,28,29). The van der Waals surface area contributed by atoms with Crippen LogP contribution in [0.15, 0.2) is 66.7 Å². The van der Waals surface area contributed by atoms with Crippen molar-refractivity contribution in [1.82, 2.24) is 0 Å². The van der Waals surface area contributed by atoms with Gasteiger partial charge >= 0.3 is 6.61 Å². The second-order valence-electron chi connectivity index (χ2n) is 6.71. The van der Waals surface area contributed by atoms with Crippen LogP contribution < -0.4 is 19.5 Å². The summed E-state index contributed by atoms with van der Waals surface area (Å²) >= 11 is 0. The smallest absolute Gasteiger partial charge is 0.387 e. The molecule has 0 spiro atoms. The van der Waals surface area contributed by atoms with Gasteiger partial charge in [-0.2, -0.15) is 14.0 Å². The van der Waals surface area contributed by atoms with Crippen LogP contribution in [0.25, 0.3) is 11.1 Å². The first-order valence-corrected chi connectivity index (χ1v) is 9.60. The number of alkyl halides is 2. The van der Waals surface area contributed by atoms with Crippen molar-refractivity contribution >= 4 is 11.6 Å². The predicted molar refractivity (Wildman–Crippen MR) is 115 cm³/mol. The Bertz CT molecular complexity index is 1130. The molecule has 0 saturated carbocycles. The third kappa shape index (κ3) is 5.73. The van der Waals surface area contributed by atoms with Crippen molar-refractivity contribution in [3.05, 3.63) is 72.3 Å². The molecule has 3 rings (SSSR count). The van der Waals surface area contributed by atoms with Crippen molar-refractivity contribution in [2.24, 2.45) is 0 Å². The number of nitrogens with zero attached hydrogens (tertiary/aromatic N) is 1. The highest BCUT2D eigenvalue weighted by atomic mass is 19.3. The maximum absolute atomic E-state index is 12.9. The van der Waals surface area contributed by atoms with E-state index in [-0.39, 0.29) is 5.75 Å². The summed E-state index contributed by atoms with van der Waals surface area (Å²) in [5.74, 6) is 0.517. The molecule has 6 nitrogen and oxygen atoms in total. The minimum absolute atomic E-state index is 0.0271. The van der Waals surface area contributed by atoms with E-state index in [0.717, 1.165) is 0 Å². The van der Waals surface area contributed by atoms with Crippen molar-refractivity contribution in [3.8, 4) is 34.4 Å². The molecule has 0 aliphatic rings. The largest absolute Gasteiger partial charge is 0.497 e. The normalized spacial score (nSPS) is 11.4. The monoisotopic (exact) mass is 438 g/mol. The van der Waals surface area contributed by atoms with Gasteiger partial charge < -0.3 is 19.5 Å². The van der Waals surface area contributed by atoms with E-state index in [2.05, 4.69) is 10.1 Å². The lowest BCUT2D eigenvalue weighted by molar-refractivity contribution is -0.122. The minimum atomic E-state index is -3.00. The number of benzene rings is 3. The van der Waals surface area contributed by atoms with Crippen LogP contribution in [0.1, 0.15) is 12.5 Å². The third-order valence-electron chi connectivity index (χ3n) is 4.51. The first-order chi connectivity index (χ1) is 15.4. The number of anilines is 1. The fourth-order valence-corrected chi connectivity index (χ4v) is 2.94. The minimum Gasteiger partial charge on any atom is -0.497 e. The maximum Gasteiger partial charge on any atom is 0.387 e. The third-order valence-corrected chi connectivity index (χ3v) is 4.51. The van der Waals surface area contributed by atoms with Gasteiger partial charge in [-0.25, -0.2) is 0 Å². The number of nitrogens with one attached hydrogen (secondary N) is 1. The van der Waals surface area contributed by atoms with Crippen LogP contribution in [0.2, 0.25) is 0 Å². The van der Waals surface area contributed by atoms with E-state index < -0.39 is 18.6 Å². The molecule has 3 aromatic rings. The summed E-state index contributed by atoms with van der Waals surface area (Å²) < 4.78 is 41.1. The van der Waals surface area contributed by atoms with Crippen molar-refractivity contribution < 1.29 is 27.8 Å². The molecule has 0 aliphatic carbocycles. The second kappa shape index (κ2) is 10.3. The Hall–Kier alpha value is -4.12. The van der Waals surface area contributed by atoms with Gasteiger partial charge in [0.15, 0.2) is 6.10 Å². The van der Waals surface area contributed by atoms with Gasteiger partial charge in [0.2, 0.25) is 0 Å². The Morgan fingerprint density at radius 3 is 2.41 bits per heavy atom. The fraction of sp³-hybridized carbons (Fsp3) is 0.167. The number of hydrogen-bond donors (Lipinski definition) is 1. The van der Waals surface area contributed by atoms with E-state index in [4.69, 9.17) is 14.7 Å². The average molecular weight is 438 g/mol. The molecule has 1 atom stereocenters. The number of nitriles is 1. The molecular formula is C24H20F2N2O4. The molecule has 0 radical (unpaired) electrons. The molecule has 0 aliphatic heterocycles. The van der Waals surface area contributed by atoms with Gasteiger partial charge in [0.1, 0.15) is 17.2 Å². The van der Waals surface area contributed by atoms with Gasteiger partial charge in [0.25, 0.3) is 5.91 Å². The number of methoxy groups -OCH3 is 1. The molecule has 8 heteroatoms. The highest BCUT2D eigenvalue weighted by molar-refractivity contribution is 5.95. The number of amides is 1. The zero-order valence-electron chi connectivity index (χ0n) is 17.3. The van der Waals surface area contributed by atoms with Crippen molar-refractivity contribution in [2.45, 2.75) is 19.6 Å². The van der Waals surface area contributed by atoms with Gasteiger partial charge in [-0.05, 0) is 61.0 Å². The molecule has 0 saturated heterocycles. The predicted octanol–water partition coefficient (Wildman–Crippen LogP) is 5.24. The zero-order chi connectivity index (χ0) is 23.1. The van der Waals surface area contributed by atoms with E-state index in [1.807, 2.05) is 6.07 Å². The number of hydrogen-bond acceptors (Lipinski definition) is 5. The van der Waals surface area contributed by atoms with Gasteiger partial charge in [-0.15, -0.1) is 0 Å². The van der Waals surface area contributed by atoms with Crippen molar-refractivity contribution in [1.29, 1.82) is 5.26 Å². The fourth-order valence-electron chi connectivity index (χ4n) is 2.94. The molecule has 1 N–H and O–H groups in total. The molecule has 32 heavy (non-hydrogen) atoms. The molecule has 1 unspecified atom stereocenters. The Morgan fingerprint density at radius 1 is 1.00 bits per heavy atom. The summed E-state index contributed by atoms with van der Waals surface area (Å²) in [4.78, 5) is 12.6. The van der Waals surface area contributed by atoms with Crippen LogP contribution in [0.4, 0.5) is 14.5 Å². The van der Waals surface area contributed by atoms with Gasteiger partial charge in [-0.3, -0.25) is 4.79 Å². The lowest BCUT2D eigenvalue weighted by Crippen LogP contribution is -2.30. The van der Waals surface area contributed by atoms with E-state index in [1.165, 1.54) is 25.3 Å². The molecule has 0 bridgehead atoms. The SMILES string of the molecule is COc1ccc(-c2cc(NC(=O)C(C)Oc3cccc(C#N)c3)ccc2OC(F)F)cc1. The Balaban J connectivity index is 1.80. The lowest BCUT2D eigenvalue weighted by Gasteiger charge is -2.17. The van der Waals surface area contributed by atoms with E-state index in [9.17, 15) is 13.6 Å². The Kier molecular flexibility index (Phi) is 7.24. The molecule has 0 aromatic heterocycles. The summed E-state index contributed by atoms with van der Waals surface area (Å²) in [6.07, 6.45) is -0.870.